The number of rotatable bonds is 8. The van der Waals surface area contributed by atoms with Crippen molar-refractivity contribution in [2.24, 2.45) is 0 Å². The molecule has 0 aliphatic carbocycles. The molecule has 0 spiro atoms. The van der Waals surface area contributed by atoms with Gasteiger partial charge in [0.1, 0.15) is 0 Å². The van der Waals surface area contributed by atoms with E-state index in [0.717, 1.165) is 52.1 Å². The van der Waals surface area contributed by atoms with E-state index in [-0.39, 0.29) is 13.2 Å². The molecule has 2 aliphatic rings. The summed E-state index contributed by atoms with van der Waals surface area (Å²) in [7, 11) is 0. The van der Waals surface area contributed by atoms with Gasteiger partial charge in [-0.2, -0.15) is 0 Å². The Morgan fingerprint density at radius 2 is 1.79 bits per heavy atom. The first-order valence-electron chi connectivity index (χ1n) is 10.0. The van der Waals surface area contributed by atoms with Gasteiger partial charge in [0, 0.05) is 30.5 Å². The van der Waals surface area contributed by atoms with Gasteiger partial charge in [0.25, 0.3) is 0 Å². The minimum absolute atomic E-state index is 0.205. The highest BCUT2D eigenvalue weighted by molar-refractivity contribution is 6.44. The summed E-state index contributed by atoms with van der Waals surface area (Å²) in [4.78, 5) is 42.5. The fourth-order valence-corrected chi connectivity index (χ4v) is 3.89. The Bertz CT molecular complexity index is 780. The predicted molar refractivity (Wildman–Crippen MR) is 109 cm³/mol. The number of hydrogen-bond donors (Lipinski definition) is 1. The van der Waals surface area contributed by atoms with Crippen molar-refractivity contribution in [3.8, 4) is 0 Å². The van der Waals surface area contributed by atoms with E-state index in [9.17, 15) is 14.4 Å². The van der Waals surface area contributed by atoms with Crippen LogP contribution in [0.1, 0.15) is 18.9 Å². The topological polar surface area (TPSA) is 74.6 Å². The first-order chi connectivity index (χ1) is 13.9. The van der Waals surface area contributed by atoms with Crippen molar-refractivity contribution in [1.29, 1.82) is 0 Å². The molecule has 2 heterocycles. The van der Waals surface area contributed by atoms with Gasteiger partial charge in [0.2, 0.25) is 0 Å². The molecule has 4 amide bonds. The zero-order valence-corrected chi connectivity index (χ0v) is 17.7. The van der Waals surface area contributed by atoms with Gasteiger partial charge in [0.15, 0.2) is 6.67 Å². The molecular weight excluding hydrogens is 396 g/mol. The number of ether oxygens (including phenoxy) is 1. The SMILES string of the molecule is CCOCCCN1C(=O)C(=O)N(C[NH+]2CCN(c3cc(Cl)ccc3C)CC2)C1=O. The lowest BCUT2D eigenvalue weighted by Crippen LogP contribution is -3.16. The van der Waals surface area contributed by atoms with Gasteiger partial charge in [-0.15, -0.1) is 0 Å². The maximum atomic E-state index is 12.6. The van der Waals surface area contributed by atoms with Crippen molar-refractivity contribution in [1.82, 2.24) is 9.80 Å². The van der Waals surface area contributed by atoms with E-state index in [1.54, 1.807) is 0 Å². The third kappa shape index (κ3) is 4.88. The molecule has 3 rings (SSSR count). The number of hydrogen-bond acceptors (Lipinski definition) is 5. The van der Waals surface area contributed by atoms with Crippen LogP contribution in [0, 0.1) is 6.92 Å². The lowest BCUT2D eigenvalue weighted by Gasteiger charge is -2.35. The Balaban J connectivity index is 1.54. The van der Waals surface area contributed by atoms with Crippen molar-refractivity contribution in [3.05, 3.63) is 28.8 Å². The molecule has 0 saturated carbocycles. The molecular formula is C20H28ClN4O4+. The summed E-state index contributed by atoms with van der Waals surface area (Å²) < 4.78 is 5.24. The Morgan fingerprint density at radius 1 is 1.10 bits per heavy atom. The van der Waals surface area contributed by atoms with Crippen molar-refractivity contribution >= 4 is 35.1 Å². The van der Waals surface area contributed by atoms with Crippen LogP contribution in [0.5, 0.6) is 0 Å². The molecule has 0 unspecified atom stereocenters. The molecule has 2 fully saturated rings. The molecule has 29 heavy (non-hydrogen) atoms. The van der Waals surface area contributed by atoms with E-state index in [2.05, 4.69) is 11.8 Å². The molecule has 1 aromatic rings. The largest absolute Gasteiger partial charge is 0.382 e. The van der Waals surface area contributed by atoms with Gasteiger partial charge in [-0.3, -0.25) is 14.5 Å². The second-order valence-corrected chi connectivity index (χ2v) is 7.79. The highest BCUT2D eigenvalue weighted by Gasteiger charge is 2.46. The summed E-state index contributed by atoms with van der Waals surface area (Å²) in [5.41, 5.74) is 2.27. The minimum atomic E-state index is -0.737. The normalized spacial score (nSPS) is 18.3. The summed E-state index contributed by atoms with van der Waals surface area (Å²) in [6.07, 6.45) is 0.525. The van der Waals surface area contributed by atoms with Gasteiger partial charge < -0.3 is 14.5 Å². The summed E-state index contributed by atoms with van der Waals surface area (Å²) >= 11 is 6.13. The molecule has 1 N–H and O–H groups in total. The zero-order chi connectivity index (χ0) is 21.0. The maximum Gasteiger partial charge on any atom is 0.338 e. The number of benzene rings is 1. The predicted octanol–water partition coefficient (Wildman–Crippen LogP) is 0.528. The standard InChI is InChI=1S/C20H27ClN4O4/c1-3-29-12-4-7-24-18(26)19(27)25(20(24)28)14-22-8-10-23(11-9-22)17-13-16(21)6-5-15(17)2/h5-6,13H,3-4,7-12,14H2,1-2H3/p+1. The third-order valence-corrected chi connectivity index (χ3v) is 5.61. The number of imide groups is 2. The summed E-state index contributed by atoms with van der Waals surface area (Å²) in [6.45, 7) is 8.51. The first-order valence-corrected chi connectivity index (χ1v) is 10.4. The second kappa shape index (κ2) is 9.56. The number of amides is 4. The van der Waals surface area contributed by atoms with Crippen LogP contribution in [0.4, 0.5) is 10.5 Å². The quantitative estimate of drug-likeness (QED) is 0.375. The second-order valence-electron chi connectivity index (χ2n) is 7.35. The lowest BCUT2D eigenvalue weighted by atomic mass is 10.1. The van der Waals surface area contributed by atoms with Crippen LogP contribution in [0.15, 0.2) is 18.2 Å². The van der Waals surface area contributed by atoms with E-state index in [1.165, 1.54) is 0 Å². The Kier molecular flexibility index (Phi) is 7.10. The molecule has 9 heteroatoms. The van der Waals surface area contributed by atoms with Crippen molar-refractivity contribution in [2.75, 3.05) is 57.5 Å². The zero-order valence-electron chi connectivity index (χ0n) is 16.9. The molecule has 0 bridgehead atoms. The van der Waals surface area contributed by atoms with Gasteiger partial charge in [-0.1, -0.05) is 17.7 Å². The number of anilines is 1. The Morgan fingerprint density at radius 3 is 2.48 bits per heavy atom. The fourth-order valence-electron chi connectivity index (χ4n) is 3.72. The monoisotopic (exact) mass is 423 g/mol. The van der Waals surface area contributed by atoms with Gasteiger partial charge >= 0.3 is 17.8 Å². The summed E-state index contributed by atoms with van der Waals surface area (Å²) in [6, 6.07) is 5.33. The number of quaternary nitrogens is 1. The average molecular weight is 424 g/mol. The van der Waals surface area contributed by atoms with Crippen LogP contribution in [-0.2, 0) is 14.3 Å². The number of urea groups is 1. The van der Waals surface area contributed by atoms with Crippen LogP contribution in [-0.4, -0.2) is 80.3 Å². The van der Waals surface area contributed by atoms with Gasteiger partial charge in [-0.25, -0.2) is 9.69 Å². The average Bonchev–Trinajstić information content (AvgIpc) is 2.91. The van der Waals surface area contributed by atoms with Crippen LogP contribution >= 0.6 is 11.6 Å². The van der Waals surface area contributed by atoms with E-state index < -0.39 is 17.8 Å². The minimum Gasteiger partial charge on any atom is -0.382 e. The maximum absolute atomic E-state index is 12.6. The van der Waals surface area contributed by atoms with Crippen LogP contribution in [0.25, 0.3) is 0 Å². The molecule has 0 aromatic heterocycles. The van der Waals surface area contributed by atoms with Crippen molar-refractivity contribution in [2.45, 2.75) is 20.3 Å². The number of halogens is 1. The number of nitrogens with zero attached hydrogens (tertiary/aromatic N) is 3. The van der Waals surface area contributed by atoms with E-state index in [0.29, 0.717) is 24.7 Å². The van der Waals surface area contributed by atoms with Crippen molar-refractivity contribution < 1.29 is 24.0 Å². The molecule has 1 aromatic carbocycles. The number of carbonyl (C=O) groups excluding carboxylic acids is 3. The van der Waals surface area contributed by atoms with Crippen LogP contribution in [0.2, 0.25) is 5.02 Å². The van der Waals surface area contributed by atoms with E-state index in [1.807, 2.05) is 25.1 Å². The third-order valence-electron chi connectivity index (χ3n) is 5.37. The van der Waals surface area contributed by atoms with E-state index in [4.69, 9.17) is 16.3 Å². The molecule has 2 aliphatic heterocycles. The van der Waals surface area contributed by atoms with E-state index >= 15 is 0 Å². The van der Waals surface area contributed by atoms with Crippen molar-refractivity contribution in [3.63, 3.8) is 0 Å². The fraction of sp³-hybridized carbons (Fsp3) is 0.550. The Labute approximate surface area is 175 Å². The van der Waals surface area contributed by atoms with Gasteiger partial charge in [-0.05, 0) is 38.0 Å². The van der Waals surface area contributed by atoms with Crippen LogP contribution < -0.4 is 9.80 Å². The number of aryl methyl sites for hydroxylation is 1. The number of carbonyl (C=O) groups is 3. The highest BCUT2D eigenvalue weighted by Crippen LogP contribution is 2.24. The molecule has 0 radical (unpaired) electrons. The molecule has 158 valence electrons. The first kappa shape index (κ1) is 21.5. The summed E-state index contributed by atoms with van der Waals surface area (Å²) in [5, 5.41) is 0.705. The van der Waals surface area contributed by atoms with Crippen LogP contribution in [0.3, 0.4) is 0 Å². The molecule has 0 atom stereocenters. The summed E-state index contributed by atoms with van der Waals surface area (Å²) in [5.74, 6) is -1.47. The highest BCUT2D eigenvalue weighted by atomic mass is 35.5. The number of piperazine rings is 1. The molecule has 8 nitrogen and oxygen atoms in total. The molecule has 2 saturated heterocycles. The number of nitrogens with one attached hydrogen (secondary N) is 1. The Hall–Kier alpha value is -2.16. The smallest absolute Gasteiger partial charge is 0.338 e. The lowest BCUT2D eigenvalue weighted by molar-refractivity contribution is -0.907. The van der Waals surface area contributed by atoms with Gasteiger partial charge in [0.05, 0.1) is 26.2 Å².